The van der Waals surface area contributed by atoms with E-state index in [1.54, 1.807) is 26.0 Å². The van der Waals surface area contributed by atoms with Gasteiger partial charge in [0.2, 0.25) is 0 Å². The van der Waals surface area contributed by atoms with Crippen molar-refractivity contribution in [1.29, 1.82) is 15.8 Å². The van der Waals surface area contributed by atoms with Gasteiger partial charge in [-0.25, -0.2) is 8.78 Å². The number of nitriles is 3. The van der Waals surface area contributed by atoms with Crippen LogP contribution in [0, 0.1) is 51.5 Å². The van der Waals surface area contributed by atoms with Crippen LogP contribution in [0.25, 0.3) is 0 Å². The maximum atomic E-state index is 14.3. The van der Waals surface area contributed by atoms with Crippen molar-refractivity contribution in [1.82, 2.24) is 0 Å². The lowest BCUT2D eigenvalue weighted by molar-refractivity contribution is 0.0626. The average Bonchev–Trinajstić information content (AvgIpc) is 2.82. The Morgan fingerprint density at radius 3 is 2.25 bits per heavy atom. The van der Waals surface area contributed by atoms with Crippen molar-refractivity contribution < 1.29 is 13.5 Å². The monoisotopic (exact) mass is 325 g/mol. The largest absolute Gasteiger partial charge is 0.475 e. The molecule has 1 aromatic carbocycles. The van der Waals surface area contributed by atoms with E-state index in [0.717, 1.165) is 12.1 Å². The highest BCUT2D eigenvalue weighted by molar-refractivity contribution is 5.59. The van der Waals surface area contributed by atoms with Crippen LogP contribution in [-0.4, -0.2) is 0 Å². The number of hydrogen-bond acceptors (Lipinski definition) is 4. The van der Waals surface area contributed by atoms with Gasteiger partial charge in [0, 0.05) is 17.2 Å². The van der Waals surface area contributed by atoms with Gasteiger partial charge in [0.25, 0.3) is 0 Å². The van der Waals surface area contributed by atoms with Crippen LogP contribution in [0.4, 0.5) is 8.78 Å². The van der Waals surface area contributed by atoms with E-state index in [1.807, 2.05) is 6.07 Å². The zero-order valence-electron chi connectivity index (χ0n) is 13.3. The highest BCUT2D eigenvalue weighted by Crippen LogP contribution is 2.49. The molecule has 24 heavy (non-hydrogen) atoms. The minimum Gasteiger partial charge on any atom is -0.475 e. The van der Waals surface area contributed by atoms with Crippen LogP contribution in [0.1, 0.15) is 26.3 Å². The van der Waals surface area contributed by atoms with E-state index >= 15 is 0 Å². The molecule has 0 aromatic heterocycles. The summed E-state index contributed by atoms with van der Waals surface area (Å²) in [6.07, 6.45) is 0. The molecule has 2 rings (SSSR count). The fourth-order valence-electron chi connectivity index (χ4n) is 3.00. The third-order valence-corrected chi connectivity index (χ3v) is 3.90. The lowest BCUT2D eigenvalue weighted by atomic mass is 9.80. The number of halogens is 2. The van der Waals surface area contributed by atoms with Gasteiger partial charge in [0.1, 0.15) is 29.8 Å². The van der Waals surface area contributed by atoms with Crippen molar-refractivity contribution >= 4 is 0 Å². The quantitative estimate of drug-likeness (QED) is 0.770. The molecule has 0 aliphatic carbocycles. The second-order valence-electron chi connectivity index (χ2n) is 5.74. The summed E-state index contributed by atoms with van der Waals surface area (Å²) in [5.41, 5.74) is -1.27. The molecule has 0 N–H and O–H groups in total. The van der Waals surface area contributed by atoms with Crippen molar-refractivity contribution in [3.63, 3.8) is 0 Å². The van der Waals surface area contributed by atoms with Gasteiger partial charge in [0.15, 0.2) is 16.9 Å². The van der Waals surface area contributed by atoms with Gasteiger partial charge >= 0.3 is 0 Å². The summed E-state index contributed by atoms with van der Waals surface area (Å²) >= 11 is 0. The first kappa shape index (κ1) is 17.2. The van der Waals surface area contributed by atoms with Crippen molar-refractivity contribution in [3.05, 3.63) is 57.9 Å². The van der Waals surface area contributed by atoms with E-state index < -0.39 is 17.2 Å². The summed E-state index contributed by atoms with van der Waals surface area (Å²) in [5.74, 6) is -1.97. The molecule has 1 aliphatic heterocycles. The Balaban J connectivity index is 2.84. The topological polar surface area (TPSA) is 80.6 Å². The standard InChI is InChI=1S/C18H13F2N3O/c1-10(2)16-13(9-23)17(11(7-21)8-22)24-18(16,3)14-5-4-12(19)6-15(14)20/h4-6,10H,1-3H3. The van der Waals surface area contributed by atoms with E-state index in [2.05, 4.69) is 0 Å². The van der Waals surface area contributed by atoms with Crippen molar-refractivity contribution in [2.45, 2.75) is 26.4 Å². The Kier molecular flexibility index (Phi) is 4.40. The zero-order chi connectivity index (χ0) is 18.1. The van der Waals surface area contributed by atoms with Gasteiger partial charge in [-0.15, -0.1) is 0 Å². The number of hydrogen-bond donors (Lipinski definition) is 0. The molecule has 1 unspecified atom stereocenters. The SMILES string of the molecule is CC(C)C1=C(C#N)C(=C(C#N)C#N)OC1(C)c1ccc(F)cc1F. The van der Waals surface area contributed by atoms with Gasteiger partial charge in [-0.05, 0) is 25.0 Å². The Morgan fingerprint density at radius 1 is 1.17 bits per heavy atom. The number of allylic oxidation sites excluding steroid dienone is 2. The fraction of sp³-hybridized carbons (Fsp3) is 0.278. The molecule has 0 spiro atoms. The Labute approximate surface area is 138 Å². The second-order valence-corrected chi connectivity index (χ2v) is 5.74. The Bertz CT molecular complexity index is 878. The third-order valence-electron chi connectivity index (χ3n) is 3.90. The molecule has 0 amide bonds. The van der Waals surface area contributed by atoms with Crippen molar-refractivity contribution in [3.8, 4) is 18.2 Å². The molecule has 1 aromatic rings. The zero-order valence-corrected chi connectivity index (χ0v) is 13.3. The highest BCUT2D eigenvalue weighted by atomic mass is 19.1. The lowest BCUT2D eigenvalue weighted by Gasteiger charge is -2.30. The highest BCUT2D eigenvalue weighted by Gasteiger charge is 2.47. The van der Waals surface area contributed by atoms with Crippen LogP contribution in [0.3, 0.4) is 0 Å². The maximum absolute atomic E-state index is 14.3. The molecule has 0 fully saturated rings. The Morgan fingerprint density at radius 2 is 1.79 bits per heavy atom. The minimum atomic E-state index is -1.41. The van der Waals surface area contributed by atoms with Gasteiger partial charge in [-0.2, -0.15) is 15.8 Å². The molecule has 4 nitrogen and oxygen atoms in total. The molecule has 0 radical (unpaired) electrons. The lowest BCUT2D eigenvalue weighted by Crippen LogP contribution is -2.28. The Hall–Kier alpha value is -3.17. The van der Waals surface area contributed by atoms with E-state index in [9.17, 15) is 14.0 Å². The van der Waals surface area contributed by atoms with Crippen LogP contribution in [0.15, 0.2) is 40.7 Å². The van der Waals surface area contributed by atoms with E-state index in [0.29, 0.717) is 5.57 Å². The molecule has 0 saturated carbocycles. The van der Waals surface area contributed by atoms with Crippen LogP contribution < -0.4 is 0 Å². The van der Waals surface area contributed by atoms with Crippen LogP contribution >= 0.6 is 0 Å². The summed E-state index contributed by atoms with van der Waals surface area (Å²) in [6, 6.07) is 8.38. The van der Waals surface area contributed by atoms with Gasteiger partial charge < -0.3 is 4.74 Å². The van der Waals surface area contributed by atoms with E-state index in [1.165, 1.54) is 13.0 Å². The third kappa shape index (κ3) is 2.51. The number of benzene rings is 1. The summed E-state index contributed by atoms with van der Waals surface area (Å²) < 4.78 is 33.3. The van der Waals surface area contributed by atoms with Crippen molar-refractivity contribution in [2.24, 2.45) is 5.92 Å². The van der Waals surface area contributed by atoms with Crippen LogP contribution in [0.2, 0.25) is 0 Å². The molecule has 1 atom stereocenters. The molecule has 1 heterocycles. The normalized spacial score (nSPS) is 19.5. The molecular weight excluding hydrogens is 312 g/mol. The summed E-state index contributed by atoms with van der Waals surface area (Å²) in [7, 11) is 0. The fourth-order valence-corrected chi connectivity index (χ4v) is 3.00. The first-order chi connectivity index (χ1) is 11.3. The van der Waals surface area contributed by atoms with Crippen LogP contribution in [0.5, 0.6) is 0 Å². The van der Waals surface area contributed by atoms with E-state index in [-0.39, 0.29) is 28.4 Å². The predicted octanol–water partition coefficient (Wildman–Crippen LogP) is 3.99. The average molecular weight is 325 g/mol. The van der Waals surface area contributed by atoms with Gasteiger partial charge in [-0.1, -0.05) is 13.8 Å². The minimum absolute atomic E-state index is 0.0329. The predicted molar refractivity (Wildman–Crippen MR) is 80.5 cm³/mol. The second kappa shape index (κ2) is 6.14. The smallest absolute Gasteiger partial charge is 0.172 e. The molecular formula is C18H13F2N3O. The summed E-state index contributed by atoms with van der Waals surface area (Å²) in [4.78, 5) is 0. The molecule has 6 heteroatoms. The molecule has 1 aliphatic rings. The summed E-state index contributed by atoms with van der Waals surface area (Å²) in [6.45, 7) is 5.11. The molecule has 120 valence electrons. The molecule has 0 bridgehead atoms. The first-order valence-electron chi connectivity index (χ1n) is 7.14. The molecule has 0 saturated heterocycles. The number of ether oxygens (including phenoxy) is 1. The number of rotatable bonds is 2. The first-order valence-corrected chi connectivity index (χ1v) is 7.14. The van der Waals surface area contributed by atoms with E-state index in [4.69, 9.17) is 15.3 Å². The number of nitrogens with zero attached hydrogens (tertiary/aromatic N) is 3. The van der Waals surface area contributed by atoms with Crippen LogP contribution in [-0.2, 0) is 10.3 Å². The van der Waals surface area contributed by atoms with Gasteiger partial charge in [0.05, 0.1) is 5.57 Å². The maximum Gasteiger partial charge on any atom is 0.172 e. The van der Waals surface area contributed by atoms with Crippen molar-refractivity contribution in [2.75, 3.05) is 0 Å². The van der Waals surface area contributed by atoms with Gasteiger partial charge in [-0.3, -0.25) is 0 Å². The summed E-state index contributed by atoms with van der Waals surface area (Å²) in [5, 5.41) is 27.7.